The minimum absolute atomic E-state index is 0.510. The van der Waals surface area contributed by atoms with Crippen LogP contribution in [0, 0.1) is 0 Å². The van der Waals surface area contributed by atoms with Crippen LogP contribution in [-0.2, 0) is 13.1 Å². The van der Waals surface area contributed by atoms with Crippen molar-refractivity contribution in [2.24, 2.45) is 0 Å². The quantitative estimate of drug-likeness (QED) is 0.754. The lowest BCUT2D eigenvalue weighted by molar-refractivity contribution is 0.288. The Balaban J connectivity index is 2.44. The van der Waals surface area contributed by atoms with Crippen LogP contribution in [0.4, 0.5) is 0 Å². The van der Waals surface area contributed by atoms with Crippen LogP contribution in [0.1, 0.15) is 44.9 Å². The minimum atomic E-state index is 0.510. The smallest absolute Gasteiger partial charge is 0.122 e. The summed E-state index contributed by atoms with van der Waals surface area (Å²) >= 11 is 0. The van der Waals surface area contributed by atoms with Gasteiger partial charge in [0.05, 0.1) is 12.8 Å². The molecule has 17 heavy (non-hydrogen) atoms. The highest BCUT2D eigenvalue weighted by Gasteiger charge is 2.09. The summed E-state index contributed by atoms with van der Waals surface area (Å²) in [6, 6.07) is 2.58. The molecule has 0 aliphatic rings. The molecule has 98 valence electrons. The number of nitrogens with zero attached hydrogens (tertiary/aromatic N) is 1. The van der Waals surface area contributed by atoms with Crippen LogP contribution in [0.5, 0.6) is 0 Å². The van der Waals surface area contributed by atoms with Crippen molar-refractivity contribution >= 4 is 0 Å². The maximum absolute atomic E-state index is 5.57. The maximum Gasteiger partial charge on any atom is 0.122 e. The van der Waals surface area contributed by atoms with Gasteiger partial charge in [-0.1, -0.05) is 27.2 Å². The molecule has 0 saturated carbocycles. The molecule has 0 fully saturated rings. The van der Waals surface area contributed by atoms with E-state index in [1.165, 1.54) is 18.4 Å². The molecule has 0 unspecified atom stereocenters. The molecule has 1 rings (SSSR count). The zero-order chi connectivity index (χ0) is 12.7. The van der Waals surface area contributed by atoms with Gasteiger partial charge < -0.3 is 9.73 Å². The van der Waals surface area contributed by atoms with E-state index in [1.807, 2.05) is 0 Å². The monoisotopic (exact) mass is 238 g/mol. The number of hydrogen-bond acceptors (Lipinski definition) is 3. The zero-order valence-corrected chi connectivity index (χ0v) is 11.6. The van der Waals surface area contributed by atoms with Crippen LogP contribution in [0.3, 0.4) is 0 Å². The molecule has 0 atom stereocenters. The molecule has 0 spiro atoms. The van der Waals surface area contributed by atoms with Gasteiger partial charge in [-0.15, -0.1) is 0 Å². The topological polar surface area (TPSA) is 28.4 Å². The Morgan fingerprint density at radius 3 is 2.82 bits per heavy atom. The van der Waals surface area contributed by atoms with E-state index < -0.39 is 0 Å². The summed E-state index contributed by atoms with van der Waals surface area (Å²) < 4.78 is 5.57. The third-order valence-corrected chi connectivity index (χ3v) is 2.85. The highest BCUT2D eigenvalue weighted by atomic mass is 16.3. The van der Waals surface area contributed by atoms with Crippen LogP contribution >= 0.6 is 0 Å². The first-order chi connectivity index (χ1) is 8.13. The Bertz CT molecular complexity index is 307. The largest absolute Gasteiger partial charge is 0.468 e. The highest BCUT2D eigenvalue weighted by Crippen LogP contribution is 2.13. The Morgan fingerprint density at radius 2 is 2.18 bits per heavy atom. The average molecular weight is 238 g/mol. The number of furan rings is 1. The summed E-state index contributed by atoms with van der Waals surface area (Å²) in [4.78, 5) is 2.32. The lowest BCUT2D eigenvalue weighted by Crippen LogP contribution is -2.23. The predicted molar refractivity (Wildman–Crippen MR) is 71.9 cm³/mol. The number of hydrogen-bond donors (Lipinski definition) is 1. The summed E-state index contributed by atoms with van der Waals surface area (Å²) in [5.74, 6) is 1.09. The Hall–Kier alpha value is -0.800. The van der Waals surface area contributed by atoms with E-state index in [4.69, 9.17) is 4.42 Å². The lowest BCUT2D eigenvalue weighted by Gasteiger charge is -2.16. The van der Waals surface area contributed by atoms with Gasteiger partial charge in [0.1, 0.15) is 5.76 Å². The van der Waals surface area contributed by atoms with Crippen molar-refractivity contribution in [1.82, 2.24) is 10.2 Å². The molecule has 0 aliphatic heterocycles. The first-order valence-corrected chi connectivity index (χ1v) is 6.60. The summed E-state index contributed by atoms with van der Waals surface area (Å²) in [5, 5.41) is 3.43. The van der Waals surface area contributed by atoms with E-state index in [0.29, 0.717) is 6.04 Å². The van der Waals surface area contributed by atoms with Gasteiger partial charge in [0.25, 0.3) is 0 Å². The fourth-order valence-corrected chi connectivity index (χ4v) is 1.73. The second-order valence-electron chi connectivity index (χ2n) is 5.00. The van der Waals surface area contributed by atoms with Gasteiger partial charge in [0.15, 0.2) is 0 Å². The summed E-state index contributed by atoms with van der Waals surface area (Å²) in [6.07, 6.45) is 4.28. The van der Waals surface area contributed by atoms with Gasteiger partial charge in [-0.3, -0.25) is 4.90 Å². The van der Waals surface area contributed by atoms with Crippen LogP contribution in [0.2, 0.25) is 0 Å². The summed E-state index contributed by atoms with van der Waals surface area (Å²) in [5.41, 5.74) is 1.28. The fraction of sp³-hybridized carbons (Fsp3) is 0.714. The van der Waals surface area contributed by atoms with Crippen molar-refractivity contribution in [3.63, 3.8) is 0 Å². The first-order valence-electron chi connectivity index (χ1n) is 6.60. The van der Waals surface area contributed by atoms with Gasteiger partial charge in [-0.2, -0.15) is 0 Å². The van der Waals surface area contributed by atoms with Crippen molar-refractivity contribution < 1.29 is 4.42 Å². The molecule has 3 heteroatoms. The van der Waals surface area contributed by atoms with Gasteiger partial charge in [-0.25, -0.2) is 0 Å². The highest BCUT2D eigenvalue weighted by molar-refractivity contribution is 5.16. The SMILES string of the molecule is CCCCN(C)Cc1occc1CNC(C)C. The van der Waals surface area contributed by atoms with Crippen molar-refractivity contribution in [2.45, 2.75) is 52.7 Å². The molecule has 0 amide bonds. The van der Waals surface area contributed by atoms with Crippen molar-refractivity contribution in [1.29, 1.82) is 0 Å². The van der Waals surface area contributed by atoms with Crippen molar-refractivity contribution in [3.8, 4) is 0 Å². The molecule has 0 aliphatic carbocycles. The second kappa shape index (κ2) is 7.51. The van der Waals surface area contributed by atoms with Gasteiger partial charge in [-0.05, 0) is 26.1 Å². The van der Waals surface area contributed by atoms with Crippen LogP contribution in [0.25, 0.3) is 0 Å². The predicted octanol–water partition coefficient (Wildman–Crippen LogP) is 3.01. The number of rotatable bonds is 8. The number of nitrogens with one attached hydrogen (secondary N) is 1. The third kappa shape index (κ3) is 5.37. The van der Waals surface area contributed by atoms with E-state index in [-0.39, 0.29) is 0 Å². The Labute approximate surface area is 105 Å². The van der Waals surface area contributed by atoms with E-state index in [1.54, 1.807) is 6.26 Å². The molecular weight excluding hydrogens is 212 g/mol. The average Bonchev–Trinajstić information content (AvgIpc) is 2.71. The molecule has 1 heterocycles. The standard InChI is InChI=1S/C14H26N2O/c1-5-6-8-16(4)11-14-13(7-9-17-14)10-15-12(2)3/h7,9,12,15H,5-6,8,10-11H2,1-4H3. The molecule has 3 nitrogen and oxygen atoms in total. The maximum atomic E-state index is 5.57. The Morgan fingerprint density at radius 1 is 1.41 bits per heavy atom. The second-order valence-corrected chi connectivity index (χ2v) is 5.00. The van der Waals surface area contributed by atoms with Crippen molar-refractivity contribution in [2.75, 3.05) is 13.6 Å². The minimum Gasteiger partial charge on any atom is -0.468 e. The number of unbranched alkanes of at least 4 members (excludes halogenated alkanes) is 1. The molecule has 0 saturated heterocycles. The van der Waals surface area contributed by atoms with Crippen LogP contribution < -0.4 is 5.32 Å². The van der Waals surface area contributed by atoms with Crippen LogP contribution in [0.15, 0.2) is 16.7 Å². The lowest BCUT2D eigenvalue weighted by atomic mass is 10.2. The van der Waals surface area contributed by atoms with E-state index in [0.717, 1.165) is 25.4 Å². The normalized spacial score (nSPS) is 11.6. The van der Waals surface area contributed by atoms with Crippen molar-refractivity contribution in [3.05, 3.63) is 23.7 Å². The molecule has 1 N–H and O–H groups in total. The van der Waals surface area contributed by atoms with Gasteiger partial charge >= 0.3 is 0 Å². The molecular formula is C14H26N2O. The van der Waals surface area contributed by atoms with Gasteiger partial charge in [0.2, 0.25) is 0 Å². The summed E-state index contributed by atoms with van der Waals surface area (Å²) in [6.45, 7) is 9.47. The third-order valence-electron chi connectivity index (χ3n) is 2.85. The fourth-order valence-electron chi connectivity index (χ4n) is 1.73. The molecule has 0 bridgehead atoms. The first kappa shape index (κ1) is 14.3. The van der Waals surface area contributed by atoms with Gasteiger partial charge in [0, 0.05) is 18.2 Å². The summed E-state index contributed by atoms with van der Waals surface area (Å²) in [7, 11) is 2.15. The van der Waals surface area contributed by atoms with Crippen LogP contribution in [-0.4, -0.2) is 24.5 Å². The van der Waals surface area contributed by atoms with E-state index in [9.17, 15) is 0 Å². The Kier molecular flexibility index (Phi) is 6.30. The zero-order valence-electron chi connectivity index (χ0n) is 11.6. The van der Waals surface area contributed by atoms with E-state index in [2.05, 4.69) is 44.1 Å². The van der Waals surface area contributed by atoms with E-state index >= 15 is 0 Å². The molecule has 1 aromatic rings. The molecule has 0 radical (unpaired) electrons. The molecule has 0 aromatic carbocycles. The molecule has 1 aromatic heterocycles.